The molecule has 0 bridgehead atoms. The van der Waals surface area contributed by atoms with Crippen LogP contribution in [0.1, 0.15) is 22.0 Å². The topological polar surface area (TPSA) is 64.8 Å². The van der Waals surface area contributed by atoms with Crippen molar-refractivity contribution in [3.05, 3.63) is 58.1 Å². The summed E-state index contributed by atoms with van der Waals surface area (Å²) in [6.45, 7) is 0.805. The van der Waals surface area contributed by atoms with Gasteiger partial charge in [0.25, 0.3) is 5.91 Å². The number of nitrogens with zero attached hydrogens (tertiary/aromatic N) is 1. The van der Waals surface area contributed by atoms with Crippen molar-refractivity contribution in [2.75, 3.05) is 32.5 Å². The minimum atomic E-state index is -0.957. The maximum absolute atomic E-state index is 13.5. The third-order valence-electron chi connectivity index (χ3n) is 4.22. The third kappa shape index (κ3) is 4.43. The smallest absolute Gasteiger partial charge is 0.257 e. The predicted octanol–water partition coefficient (Wildman–Crippen LogP) is 3.84. The molecule has 1 heterocycles. The van der Waals surface area contributed by atoms with Crippen LogP contribution < -0.4 is 10.5 Å². The van der Waals surface area contributed by atoms with Crippen LogP contribution in [0.2, 0.25) is 5.02 Å². The SMILES string of the molecule is COc1cc(N)c(Cl)cc1C(=O)N1CCOC(c2ccc(F)c(F)c2)C1.Cl. The molecule has 1 saturated heterocycles. The highest BCUT2D eigenvalue weighted by Crippen LogP contribution is 2.31. The number of amides is 1. The molecule has 1 aliphatic heterocycles. The van der Waals surface area contributed by atoms with Crippen LogP contribution in [0.3, 0.4) is 0 Å². The van der Waals surface area contributed by atoms with Crippen LogP contribution in [0.15, 0.2) is 30.3 Å². The molecule has 2 N–H and O–H groups in total. The van der Waals surface area contributed by atoms with Gasteiger partial charge in [-0.15, -0.1) is 12.4 Å². The summed E-state index contributed by atoms with van der Waals surface area (Å²) in [5, 5.41) is 0.250. The molecule has 1 amide bonds. The minimum absolute atomic E-state index is 0. The highest BCUT2D eigenvalue weighted by atomic mass is 35.5. The summed E-state index contributed by atoms with van der Waals surface area (Å²) in [6, 6.07) is 6.51. The number of methoxy groups -OCH3 is 1. The lowest BCUT2D eigenvalue weighted by Crippen LogP contribution is -2.42. The number of ether oxygens (including phenoxy) is 2. The van der Waals surface area contributed by atoms with Gasteiger partial charge in [0.05, 0.1) is 36.5 Å². The van der Waals surface area contributed by atoms with Gasteiger partial charge in [0.1, 0.15) is 11.9 Å². The fraction of sp³-hybridized carbons (Fsp3) is 0.278. The van der Waals surface area contributed by atoms with Gasteiger partial charge in [0.2, 0.25) is 0 Å². The van der Waals surface area contributed by atoms with Crippen molar-refractivity contribution >= 4 is 35.6 Å². The molecule has 2 aromatic carbocycles. The van der Waals surface area contributed by atoms with Crippen molar-refractivity contribution in [3.8, 4) is 5.75 Å². The van der Waals surface area contributed by atoms with Crippen LogP contribution in [0.5, 0.6) is 5.75 Å². The molecule has 0 aliphatic carbocycles. The Morgan fingerprint density at radius 2 is 2.04 bits per heavy atom. The number of carbonyl (C=O) groups excluding carboxylic acids is 1. The highest BCUT2D eigenvalue weighted by Gasteiger charge is 2.28. The number of nitrogens with two attached hydrogens (primary N) is 1. The van der Waals surface area contributed by atoms with Crippen molar-refractivity contribution in [2.24, 2.45) is 0 Å². The van der Waals surface area contributed by atoms with Crippen molar-refractivity contribution in [3.63, 3.8) is 0 Å². The molecule has 9 heteroatoms. The lowest BCUT2D eigenvalue weighted by molar-refractivity contribution is -0.0230. The summed E-state index contributed by atoms with van der Waals surface area (Å²) in [5.74, 6) is -1.88. The van der Waals surface area contributed by atoms with Gasteiger partial charge >= 0.3 is 0 Å². The van der Waals surface area contributed by atoms with Crippen LogP contribution in [0, 0.1) is 11.6 Å². The monoisotopic (exact) mass is 418 g/mol. The largest absolute Gasteiger partial charge is 0.496 e. The number of anilines is 1. The Balaban J connectivity index is 0.00000261. The van der Waals surface area contributed by atoms with Crippen LogP contribution in [0.25, 0.3) is 0 Å². The molecule has 1 atom stereocenters. The second-order valence-corrected chi connectivity index (χ2v) is 6.27. The van der Waals surface area contributed by atoms with Crippen LogP contribution in [-0.4, -0.2) is 37.6 Å². The van der Waals surface area contributed by atoms with Crippen LogP contribution in [0.4, 0.5) is 14.5 Å². The number of nitrogen functional groups attached to an aromatic ring is 1. The van der Waals surface area contributed by atoms with Crippen molar-refractivity contribution in [2.45, 2.75) is 6.10 Å². The molecular formula is C18H18Cl2F2N2O3. The average molecular weight is 419 g/mol. The Morgan fingerprint density at radius 1 is 1.30 bits per heavy atom. The number of rotatable bonds is 3. The first-order valence-electron chi connectivity index (χ1n) is 7.89. The Kier molecular flexibility index (Phi) is 6.86. The Labute approximate surface area is 166 Å². The van der Waals surface area contributed by atoms with Gasteiger partial charge in [-0.2, -0.15) is 0 Å². The summed E-state index contributed by atoms with van der Waals surface area (Å²) in [5.41, 5.74) is 6.79. The van der Waals surface area contributed by atoms with Gasteiger partial charge in [-0.05, 0) is 23.8 Å². The number of hydrogen-bond acceptors (Lipinski definition) is 4. The molecule has 2 aromatic rings. The maximum atomic E-state index is 13.5. The van der Waals surface area contributed by atoms with Crippen molar-refractivity contribution in [1.29, 1.82) is 0 Å². The van der Waals surface area contributed by atoms with E-state index >= 15 is 0 Å². The first-order valence-corrected chi connectivity index (χ1v) is 8.27. The predicted molar refractivity (Wildman–Crippen MR) is 101 cm³/mol. The molecule has 146 valence electrons. The van der Waals surface area contributed by atoms with E-state index in [-0.39, 0.29) is 42.1 Å². The fourth-order valence-electron chi connectivity index (χ4n) is 2.82. The molecule has 3 rings (SSSR count). The van der Waals surface area contributed by atoms with E-state index in [0.717, 1.165) is 12.1 Å². The summed E-state index contributed by atoms with van der Waals surface area (Å²) in [6.07, 6.45) is -0.557. The lowest BCUT2D eigenvalue weighted by atomic mass is 10.1. The number of halogens is 4. The van der Waals surface area contributed by atoms with Gasteiger partial charge in [0.15, 0.2) is 11.6 Å². The Bertz CT molecular complexity index is 852. The van der Waals surface area contributed by atoms with E-state index in [9.17, 15) is 13.6 Å². The second kappa shape index (κ2) is 8.73. The molecule has 0 radical (unpaired) electrons. The summed E-state index contributed by atoms with van der Waals surface area (Å²) < 4.78 is 37.4. The molecule has 5 nitrogen and oxygen atoms in total. The standard InChI is InChI=1S/C18H17ClF2N2O3.ClH/c1-25-16-8-15(22)12(19)7-11(16)18(24)23-4-5-26-17(9-23)10-2-3-13(20)14(21)6-10;/h2-3,6-8,17H,4-5,9,22H2,1H3;1H. The Hall–Kier alpha value is -2.09. The number of morpholine rings is 1. The van der Waals surface area contributed by atoms with Crippen molar-refractivity contribution < 1.29 is 23.0 Å². The average Bonchev–Trinajstić information content (AvgIpc) is 2.65. The number of hydrogen-bond donors (Lipinski definition) is 1. The number of carbonyl (C=O) groups is 1. The fourth-order valence-corrected chi connectivity index (χ4v) is 2.99. The molecule has 1 aliphatic rings. The quantitative estimate of drug-likeness (QED) is 0.768. The van der Waals surface area contributed by atoms with Gasteiger partial charge < -0.3 is 20.1 Å². The summed E-state index contributed by atoms with van der Waals surface area (Å²) in [7, 11) is 1.43. The number of benzene rings is 2. The van der Waals surface area contributed by atoms with E-state index in [1.54, 1.807) is 4.90 Å². The zero-order valence-electron chi connectivity index (χ0n) is 14.4. The van der Waals surface area contributed by atoms with E-state index < -0.39 is 17.7 Å². The van der Waals surface area contributed by atoms with Gasteiger partial charge in [0, 0.05) is 12.6 Å². The first kappa shape index (κ1) is 21.2. The molecule has 1 unspecified atom stereocenters. The molecule has 0 spiro atoms. The molecule has 0 saturated carbocycles. The van der Waals surface area contributed by atoms with Crippen molar-refractivity contribution in [1.82, 2.24) is 4.90 Å². The van der Waals surface area contributed by atoms with Gasteiger partial charge in [-0.25, -0.2) is 8.78 Å². The zero-order valence-corrected chi connectivity index (χ0v) is 15.9. The summed E-state index contributed by atoms with van der Waals surface area (Å²) >= 11 is 6.03. The highest BCUT2D eigenvalue weighted by molar-refractivity contribution is 6.33. The van der Waals surface area contributed by atoms with Gasteiger partial charge in [-0.1, -0.05) is 17.7 Å². The molecule has 0 aromatic heterocycles. The Morgan fingerprint density at radius 3 is 2.70 bits per heavy atom. The van der Waals surface area contributed by atoms with Crippen LogP contribution >= 0.6 is 24.0 Å². The van der Waals surface area contributed by atoms with E-state index in [0.29, 0.717) is 23.5 Å². The lowest BCUT2D eigenvalue weighted by Gasteiger charge is -2.33. The third-order valence-corrected chi connectivity index (χ3v) is 4.55. The van der Waals surface area contributed by atoms with E-state index in [2.05, 4.69) is 0 Å². The summed E-state index contributed by atoms with van der Waals surface area (Å²) in [4.78, 5) is 14.5. The normalized spacial score (nSPS) is 16.6. The first-order chi connectivity index (χ1) is 12.4. The second-order valence-electron chi connectivity index (χ2n) is 5.86. The van der Waals surface area contributed by atoms with Gasteiger partial charge in [-0.3, -0.25) is 4.79 Å². The van der Waals surface area contributed by atoms with E-state index in [1.807, 2.05) is 0 Å². The minimum Gasteiger partial charge on any atom is -0.496 e. The molecule has 1 fully saturated rings. The van der Waals surface area contributed by atoms with E-state index in [1.165, 1.54) is 25.3 Å². The zero-order chi connectivity index (χ0) is 18.8. The van der Waals surface area contributed by atoms with Crippen LogP contribution in [-0.2, 0) is 4.74 Å². The molecular weight excluding hydrogens is 401 g/mol. The maximum Gasteiger partial charge on any atom is 0.257 e. The van der Waals surface area contributed by atoms with E-state index in [4.69, 9.17) is 26.8 Å². The molecule has 27 heavy (non-hydrogen) atoms.